The van der Waals surface area contributed by atoms with E-state index >= 15 is 0 Å². The van der Waals surface area contributed by atoms with E-state index in [2.05, 4.69) is 99.8 Å². The van der Waals surface area contributed by atoms with Crippen LogP contribution in [0.4, 0.5) is 0 Å². The lowest BCUT2D eigenvalue weighted by Crippen LogP contribution is -2.30. The van der Waals surface area contributed by atoms with Gasteiger partial charge in [-0.2, -0.15) is 0 Å². The smallest absolute Gasteiger partial charge is 0.306 e. The lowest BCUT2D eigenvalue weighted by Gasteiger charge is -2.18. The minimum Gasteiger partial charge on any atom is -0.462 e. The van der Waals surface area contributed by atoms with Gasteiger partial charge in [0.05, 0.1) is 0 Å². The SMILES string of the molecule is CCCCC/C=C\C/C=C\C/C=C\C/C=C\C/C=C\CCC(=O)O[C@H](COC(=O)CCCCCCCCCCC/C=C\C/C=C\CCCCC)COC(=O)CCCCCCCCCCCCC. The number of esters is 3. The molecule has 0 N–H and O–H groups in total. The fourth-order valence-electron chi connectivity index (χ4n) is 7.63. The van der Waals surface area contributed by atoms with Crippen molar-refractivity contribution in [3.05, 3.63) is 85.1 Å². The molecule has 0 saturated heterocycles. The number of unbranched alkanes of at least 4 members (excludes halogenated alkanes) is 25. The van der Waals surface area contributed by atoms with Gasteiger partial charge in [0.25, 0.3) is 0 Å². The molecule has 0 aromatic rings. The normalized spacial score (nSPS) is 12.7. The molecule has 0 spiro atoms. The number of carbonyl (C=O) groups excluding carboxylic acids is 3. The Kier molecular flexibility index (Phi) is 52.4. The van der Waals surface area contributed by atoms with Crippen molar-refractivity contribution in [3.8, 4) is 0 Å². The van der Waals surface area contributed by atoms with Crippen molar-refractivity contribution in [3.63, 3.8) is 0 Å². The van der Waals surface area contributed by atoms with Crippen LogP contribution in [0.1, 0.15) is 265 Å². The Morgan fingerprint density at radius 2 is 0.567 bits per heavy atom. The molecule has 1 atom stereocenters. The average molecular weight is 933 g/mol. The fourth-order valence-corrected chi connectivity index (χ4v) is 7.63. The third-order valence-corrected chi connectivity index (χ3v) is 11.9. The van der Waals surface area contributed by atoms with Crippen molar-refractivity contribution in [2.45, 2.75) is 271 Å². The second-order valence-electron chi connectivity index (χ2n) is 18.5. The van der Waals surface area contributed by atoms with Crippen LogP contribution in [0.15, 0.2) is 85.1 Å². The highest BCUT2D eigenvalue weighted by Gasteiger charge is 2.19. The lowest BCUT2D eigenvalue weighted by atomic mass is 10.1. The summed E-state index contributed by atoms with van der Waals surface area (Å²) in [5.41, 5.74) is 0. The molecule has 0 radical (unpaired) electrons. The van der Waals surface area contributed by atoms with E-state index < -0.39 is 12.1 Å². The van der Waals surface area contributed by atoms with Crippen molar-refractivity contribution in [1.29, 1.82) is 0 Å². The maximum Gasteiger partial charge on any atom is 0.306 e. The van der Waals surface area contributed by atoms with Gasteiger partial charge in [0, 0.05) is 19.3 Å². The molecule has 0 amide bonds. The van der Waals surface area contributed by atoms with Gasteiger partial charge < -0.3 is 14.2 Å². The molecule has 0 aliphatic heterocycles. The first-order valence-corrected chi connectivity index (χ1v) is 28.1. The largest absolute Gasteiger partial charge is 0.462 e. The minimum atomic E-state index is -0.816. The molecule has 0 aromatic carbocycles. The van der Waals surface area contributed by atoms with Gasteiger partial charge in [-0.1, -0.05) is 241 Å². The molecule has 6 nitrogen and oxygen atoms in total. The standard InChI is InChI=1S/C61H104O6/c1-4-7-10-13-16-19-22-24-26-28-30-32-34-36-39-42-45-48-51-54-60(63)66-57-58(56-65-59(62)53-50-47-44-41-38-21-18-15-12-9-6-3)67-61(64)55-52-49-46-43-40-37-35-33-31-29-27-25-23-20-17-14-11-8-5-2/h16-17,19-20,24-27,31,33,37,40,46,49,58H,4-15,18,21-23,28-30,32,34-36,38-39,41-45,47-48,50-57H2,1-3H3/b19-16-,20-17-,26-24-,27-25-,33-31-,40-37-,49-46-/t58-/m0/s1. The van der Waals surface area contributed by atoms with Crippen LogP contribution in [0.3, 0.4) is 0 Å². The van der Waals surface area contributed by atoms with Crippen LogP contribution >= 0.6 is 0 Å². The number of carbonyl (C=O) groups is 3. The molecule has 0 heterocycles. The number of hydrogen-bond acceptors (Lipinski definition) is 6. The number of allylic oxidation sites excluding steroid dienone is 14. The summed E-state index contributed by atoms with van der Waals surface area (Å²) in [4.78, 5) is 38.0. The van der Waals surface area contributed by atoms with Crippen LogP contribution in [0.2, 0.25) is 0 Å². The molecule has 6 heteroatoms. The van der Waals surface area contributed by atoms with Crippen LogP contribution in [0, 0.1) is 0 Å². The quantitative estimate of drug-likeness (QED) is 0.0262. The van der Waals surface area contributed by atoms with Crippen LogP contribution < -0.4 is 0 Å². The summed E-state index contributed by atoms with van der Waals surface area (Å²) >= 11 is 0. The average Bonchev–Trinajstić information content (AvgIpc) is 3.33. The summed E-state index contributed by atoms with van der Waals surface area (Å²) in [6, 6.07) is 0. The zero-order chi connectivity index (χ0) is 48.6. The lowest BCUT2D eigenvalue weighted by molar-refractivity contribution is -0.166. The zero-order valence-electron chi connectivity index (χ0n) is 43.9. The second kappa shape index (κ2) is 55.2. The van der Waals surface area contributed by atoms with E-state index in [0.29, 0.717) is 19.3 Å². The maximum atomic E-state index is 12.8. The summed E-state index contributed by atoms with van der Waals surface area (Å²) in [6.45, 7) is 6.52. The van der Waals surface area contributed by atoms with Crippen molar-refractivity contribution in [2.24, 2.45) is 0 Å². The van der Waals surface area contributed by atoms with E-state index in [-0.39, 0.29) is 31.6 Å². The molecule has 0 fully saturated rings. The van der Waals surface area contributed by atoms with Gasteiger partial charge in [-0.3, -0.25) is 14.4 Å². The third-order valence-electron chi connectivity index (χ3n) is 11.9. The van der Waals surface area contributed by atoms with Gasteiger partial charge in [0.15, 0.2) is 6.10 Å². The van der Waals surface area contributed by atoms with Crippen LogP contribution in [0.5, 0.6) is 0 Å². The third kappa shape index (κ3) is 53.4. The summed E-state index contributed by atoms with van der Waals surface area (Å²) in [5.74, 6) is -0.990. The monoisotopic (exact) mass is 933 g/mol. The first-order valence-electron chi connectivity index (χ1n) is 28.1. The molecule has 67 heavy (non-hydrogen) atoms. The Balaban J connectivity index is 4.46. The Bertz CT molecular complexity index is 1300. The van der Waals surface area contributed by atoms with E-state index in [0.717, 1.165) is 70.6 Å². The zero-order valence-corrected chi connectivity index (χ0v) is 43.9. The van der Waals surface area contributed by atoms with Gasteiger partial charge in [-0.25, -0.2) is 0 Å². The first-order chi connectivity index (χ1) is 33.0. The second-order valence-corrected chi connectivity index (χ2v) is 18.5. The highest BCUT2D eigenvalue weighted by molar-refractivity contribution is 5.71. The highest BCUT2D eigenvalue weighted by atomic mass is 16.6. The molecule has 0 aromatic heterocycles. The fraction of sp³-hybridized carbons (Fsp3) is 0.721. The molecule has 0 aliphatic carbocycles. The van der Waals surface area contributed by atoms with Gasteiger partial charge in [-0.15, -0.1) is 0 Å². The maximum absolute atomic E-state index is 12.8. The number of hydrogen-bond donors (Lipinski definition) is 0. The van der Waals surface area contributed by atoms with Gasteiger partial charge in [0.2, 0.25) is 0 Å². The topological polar surface area (TPSA) is 78.9 Å². The molecule has 0 rings (SSSR count). The Hall–Kier alpha value is -3.41. The van der Waals surface area contributed by atoms with E-state index in [1.165, 1.54) is 148 Å². The summed E-state index contributed by atoms with van der Waals surface area (Å²) < 4.78 is 16.8. The predicted octanol–water partition coefficient (Wildman–Crippen LogP) is 18.8. The van der Waals surface area contributed by atoms with Crippen LogP contribution in [-0.4, -0.2) is 37.2 Å². The van der Waals surface area contributed by atoms with E-state index in [1.54, 1.807) is 0 Å². The predicted molar refractivity (Wildman–Crippen MR) is 288 cm³/mol. The Morgan fingerprint density at radius 1 is 0.299 bits per heavy atom. The van der Waals surface area contributed by atoms with Gasteiger partial charge >= 0.3 is 17.9 Å². The molecular weight excluding hydrogens is 829 g/mol. The Labute approximate surface area is 414 Å². The van der Waals surface area contributed by atoms with Crippen molar-refractivity contribution >= 4 is 17.9 Å². The molecular formula is C61H104O6. The van der Waals surface area contributed by atoms with Crippen LogP contribution in [-0.2, 0) is 28.6 Å². The van der Waals surface area contributed by atoms with Crippen LogP contribution in [0.25, 0.3) is 0 Å². The molecule has 0 unspecified atom stereocenters. The summed E-state index contributed by atoms with van der Waals surface area (Å²) in [5, 5.41) is 0. The molecule has 0 bridgehead atoms. The summed E-state index contributed by atoms with van der Waals surface area (Å²) in [6.07, 6.45) is 71.5. The number of rotatable bonds is 50. The van der Waals surface area contributed by atoms with Crippen molar-refractivity contribution in [2.75, 3.05) is 13.2 Å². The summed E-state index contributed by atoms with van der Waals surface area (Å²) in [7, 11) is 0. The van der Waals surface area contributed by atoms with E-state index in [1.807, 2.05) is 6.08 Å². The molecule has 384 valence electrons. The van der Waals surface area contributed by atoms with Crippen molar-refractivity contribution in [1.82, 2.24) is 0 Å². The molecule has 0 saturated carbocycles. The first kappa shape index (κ1) is 63.6. The van der Waals surface area contributed by atoms with E-state index in [4.69, 9.17) is 14.2 Å². The minimum absolute atomic E-state index is 0.106. The van der Waals surface area contributed by atoms with Gasteiger partial charge in [0.1, 0.15) is 13.2 Å². The van der Waals surface area contributed by atoms with E-state index in [9.17, 15) is 14.4 Å². The number of ether oxygens (including phenoxy) is 3. The molecule has 0 aliphatic rings. The highest BCUT2D eigenvalue weighted by Crippen LogP contribution is 2.15. The van der Waals surface area contributed by atoms with Gasteiger partial charge in [-0.05, 0) is 89.9 Å². The Morgan fingerprint density at radius 3 is 0.925 bits per heavy atom. The van der Waals surface area contributed by atoms with Crippen molar-refractivity contribution < 1.29 is 28.6 Å².